The molecule has 3 nitrogen and oxygen atoms in total. The Morgan fingerprint density at radius 1 is 1.18 bits per heavy atom. The van der Waals surface area contributed by atoms with Crippen molar-refractivity contribution < 1.29 is 14.3 Å². The molecule has 1 atom stereocenters. The molecule has 0 heterocycles. The van der Waals surface area contributed by atoms with E-state index in [9.17, 15) is 4.79 Å². The second-order valence-electron chi connectivity index (χ2n) is 6.32. The number of carbonyl (C=O) groups is 1. The molecule has 0 amide bonds. The van der Waals surface area contributed by atoms with Gasteiger partial charge < -0.3 is 9.47 Å². The highest BCUT2D eigenvalue weighted by Crippen LogP contribution is 2.33. The highest BCUT2D eigenvalue weighted by atomic mass is 16.7. The molecule has 1 unspecified atom stereocenters. The van der Waals surface area contributed by atoms with E-state index in [0.717, 1.165) is 12.8 Å². The third-order valence-electron chi connectivity index (χ3n) is 3.41. The third-order valence-corrected chi connectivity index (χ3v) is 3.41. The SMILES string of the molecule is CCCC(C)COC(=O)OC(C)(C)C(C)(C)C. The molecule has 0 aromatic heterocycles. The van der Waals surface area contributed by atoms with E-state index in [1.165, 1.54) is 0 Å². The van der Waals surface area contributed by atoms with Crippen LogP contribution in [0.5, 0.6) is 0 Å². The highest BCUT2D eigenvalue weighted by Gasteiger charge is 2.37. The minimum Gasteiger partial charge on any atom is -0.434 e. The summed E-state index contributed by atoms with van der Waals surface area (Å²) in [6, 6.07) is 0. The van der Waals surface area contributed by atoms with Crippen molar-refractivity contribution in [1.82, 2.24) is 0 Å². The van der Waals surface area contributed by atoms with E-state index in [1.807, 2.05) is 34.6 Å². The predicted molar refractivity (Wildman–Crippen MR) is 70.0 cm³/mol. The van der Waals surface area contributed by atoms with Crippen LogP contribution in [0.4, 0.5) is 4.79 Å². The molecule has 0 saturated carbocycles. The molecule has 17 heavy (non-hydrogen) atoms. The van der Waals surface area contributed by atoms with Crippen LogP contribution in [0, 0.1) is 11.3 Å². The maximum atomic E-state index is 11.6. The van der Waals surface area contributed by atoms with Crippen molar-refractivity contribution in [2.75, 3.05) is 6.61 Å². The Morgan fingerprint density at radius 2 is 1.71 bits per heavy atom. The van der Waals surface area contributed by atoms with Crippen molar-refractivity contribution in [3.63, 3.8) is 0 Å². The quantitative estimate of drug-likeness (QED) is 0.672. The summed E-state index contributed by atoms with van der Waals surface area (Å²) in [6.07, 6.45) is 1.61. The molecule has 0 radical (unpaired) electrons. The minimum atomic E-state index is -0.562. The van der Waals surface area contributed by atoms with Gasteiger partial charge in [-0.2, -0.15) is 0 Å². The summed E-state index contributed by atoms with van der Waals surface area (Å²) in [5, 5.41) is 0. The highest BCUT2D eigenvalue weighted by molar-refractivity contribution is 5.60. The van der Waals surface area contributed by atoms with Gasteiger partial charge in [-0.3, -0.25) is 0 Å². The van der Waals surface area contributed by atoms with Crippen LogP contribution in [0.3, 0.4) is 0 Å². The van der Waals surface area contributed by atoms with E-state index >= 15 is 0 Å². The van der Waals surface area contributed by atoms with Gasteiger partial charge in [-0.15, -0.1) is 0 Å². The first-order chi connectivity index (χ1) is 7.60. The number of hydrogen-bond donors (Lipinski definition) is 0. The fourth-order valence-corrected chi connectivity index (χ4v) is 1.18. The molecule has 0 bridgehead atoms. The lowest BCUT2D eigenvalue weighted by molar-refractivity contribution is -0.0744. The van der Waals surface area contributed by atoms with Crippen molar-refractivity contribution in [3.8, 4) is 0 Å². The summed E-state index contributed by atoms with van der Waals surface area (Å²) in [4.78, 5) is 11.6. The average molecular weight is 244 g/mol. The molecule has 0 aliphatic heterocycles. The van der Waals surface area contributed by atoms with E-state index in [4.69, 9.17) is 9.47 Å². The van der Waals surface area contributed by atoms with Gasteiger partial charge in [0.1, 0.15) is 5.60 Å². The first-order valence-corrected chi connectivity index (χ1v) is 6.46. The third kappa shape index (κ3) is 5.94. The molecule has 0 aliphatic rings. The van der Waals surface area contributed by atoms with E-state index in [2.05, 4.69) is 13.8 Å². The second kappa shape index (κ2) is 6.27. The smallest absolute Gasteiger partial charge is 0.434 e. The number of rotatable bonds is 5. The number of carbonyl (C=O) groups excluding carboxylic acids is 1. The van der Waals surface area contributed by atoms with Gasteiger partial charge in [-0.25, -0.2) is 4.79 Å². The molecule has 3 heteroatoms. The Labute approximate surface area is 106 Å². The molecular weight excluding hydrogens is 216 g/mol. The summed E-state index contributed by atoms with van der Waals surface area (Å²) < 4.78 is 10.5. The normalized spacial score (nSPS) is 14.3. The largest absolute Gasteiger partial charge is 0.508 e. The van der Waals surface area contributed by atoms with Crippen LogP contribution >= 0.6 is 0 Å². The van der Waals surface area contributed by atoms with E-state index < -0.39 is 11.8 Å². The molecule has 0 saturated heterocycles. The van der Waals surface area contributed by atoms with Gasteiger partial charge in [0, 0.05) is 5.41 Å². The van der Waals surface area contributed by atoms with Gasteiger partial charge in [0.2, 0.25) is 0 Å². The summed E-state index contributed by atoms with van der Waals surface area (Å²) in [5.41, 5.74) is -0.640. The van der Waals surface area contributed by atoms with Crippen molar-refractivity contribution in [2.45, 2.75) is 66.9 Å². The van der Waals surface area contributed by atoms with Crippen LogP contribution in [0.1, 0.15) is 61.3 Å². The number of hydrogen-bond acceptors (Lipinski definition) is 3. The summed E-state index contributed by atoms with van der Waals surface area (Å²) in [6.45, 7) is 14.6. The summed E-state index contributed by atoms with van der Waals surface area (Å²) in [5.74, 6) is 0.394. The maximum Gasteiger partial charge on any atom is 0.508 e. The zero-order valence-corrected chi connectivity index (χ0v) is 12.4. The van der Waals surface area contributed by atoms with Crippen molar-refractivity contribution in [2.24, 2.45) is 11.3 Å². The summed E-state index contributed by atoms with van der Waals surface area (Å²) >= 11 is 0. The van der Waals surface area contributed by atoms with Crippen LogP contribution in [-0.4, -0.2) is 18.4 Å². The monoisotopic (exact) mass is 244 g/mol. The first-order valence-electron chi connectivity index (χ1n) is 6.46. The molecule has 0 N–H and O–H groups in total. The van der Waals surface area contributed by atoms with Gasteiger partial charge >= 0.3 is 6.16 Å². The van der Waals surface area contributed by atoms with Gasteiger partial charge in [-0.05, 0) is 26.2 Å². The van der Waals surface area contributed by atoms with Crippen LogP contribution in [0.15, 0.2) is 0 Å². The molecule has 0 fully saturated rings. The molecule has 0 aromatic rings. The predicted octanol–water partition coefficient (Wildman–Crippen LogP) is 4.40. The molecular formula is C14H28O3. The zero-order valence-electron chi connectivity index (χ0n) is 12.4. The Morgan fingerprint density at radius 3 is 2.12 bits per heavy atom. The number of ether oxygens (including phenoxy) is 2. The summed E-state index contributed by atoms with van der Waals surface area (Å²) in [7, 11) is 0. The van der Waals surface area contributed by atoms with Crippen LogP contribution in [-0.2, 0) is 9.47 Å². The Bertz CT molecular complexity index is 238. The van der Waals surface area contributed by atoms with Gasteiger partial charge in [0.15, 0.2) is 0 Å². The Hall–Kier alpha value is -0.730. The fraction of sp³-hybridized carbons (Fsp3) is 0.929. The van der Waals surface area contributed by atoms with E-state index in [1.54, 1.807) is 0 Å². The van der Waals surface area contributed by atoms with Crippen molar-refractivity contribution in [1.29, 1.82) is 0 Å². The maximum absolute atomic E-state index is 11.6. The van der Waals surface area contributed by atoms with E-state index in [0.29, 0.717) is 12.5 Å². The van der Waals surface area contributed by atoms with Crippen molar-refractivity contribution >= 4 is 6.16 Å². The van der Waals surface area contributed by atoms with Gasteiger partial charge in [0.05, 0.1) is 6.61 Å². The average Bonchev–Trinajstić information content (AvgIpc) is 2.12. The van der Waals surface area contributed by atoms with Crippen LogP contribution < -0.4 is 0 Å². The first kappa shape index (κ1) is 16.3. The topological polar surface area (TPSA) is 35.5 Å². The van der Waals surface area contributed by atoms with Crippen LogP contribution in [0.25, 0.3) is 0 Å². The lowest BCUT2D eigenvalue weighted by Gasteiger charge is -2.37. The standard InChI is InChI=1S/C14H28O3/c1-8-9-11(2)10-16-12(15)17-14(6,7)13(3,4)5/h11H,8-10H2,1-7H3. The van der Waals surface area contributed by atoms with E-state index in [-0.39, 0.29) is 5.41 Å². The van der Waals surface area contributed by atoms with Crippen LogP contribution in [0.2, 0.25) is 0 Å². The lowest BCUT2D eigenvalue weighted by Crippen LogP contribution is -2.41. The molecule has 102 valence electrons. The molecule has 0 spiro atoms. The Kier molecular flexibility index (Phi) is 6.00. The van der Waals surface area contributed by atoms with Gasteiger partial charge in [-0.1, -0.05) is 41.0 Å². The fourth-order valence-electron chi connectivity index (χ4n) is 1.18. The zero-order chi connectivity index (χ0) is 13.7. The molecule has 0 aliphatic carbocycles. The van der Waals surface area contributed by atoms with Crippen molar-refractivity contribution in [3.05, 3.63) is 0 Å². The second-order valence-corrected chi connectivity index (χ2v) is 6.32. The lowest BCUT2D eigenvalue weighted by atomic mass is 9.79. The molecule has 0 aromatic carbocycles. The van der Waals surface area contributed by atoms with Gasteiger partial charge in [0.25, 0.3) is 0 Å². The Balaban J connectivity index is 4.11. The molecule has 0 rings (SSSR count). The minimum absolute atomic E-state index is 0.110.